The first kappa shape index (κ1) is 25.3. The highest BCUT2D eigenvalue weighted by Gasteiger charge is 2.27. The molecule has 0 amide bonds. The fraction of sp³-hybridized carbons (Fsp3) is 0.375. The zero-order valence-corrected chi connectivity index (χ0v) is 23.2. The first-order chi connectivity index (χ1) is 19.0. The van der Waals surface area contributed by atoms with Crippen molar-refractivity contribution in [3.63, 3.8) is 0 Å². The van der Waals surface area contributed by atoms with E-state index in [1.165, 1.54) is 35.4 Å². The summed E-state index contributed by atoms with van der Waals surface area (Å²) < 4.78 is 2.44. The molecule has 0 atom stereocenters. The van der Waals surface area contributed by atoms with Gasteiger partial charge in [-0.15, -0.1) is 5.10 Å². The average Bonchev–Trinajstić information content (AvgIpc) is 3.60. The number of fused-ring (bicyclic) bond motifs is 1. The van der Waals surface area contributed by atoms with Crippen LogP contribution in [0.1, 0.15) is 57.8 Å². The molecular formula is C32H37N7. The Labute approximate surface area is 230 Å². The van der Waals surface area contributed by atoms with Crippen LogP contribution in [0.15, 0.2) is 66.7 Å². The van der Waals surface area contributed by atoms with Gasteiger partial charge in [-0.25, -0.2) is 10.1 Å². The van der Waals surface area contributed by atoms with Crippen LogP contribution in [0.5, 0.6) is 0 Å². The molecule has 5 aromatic rings. The number of benzene rings is 3. The first-order valence-corrected chi connectivity index (χ1v) is 14.2. The molecule has 3 heterocycles. The van der Waals surface area contributed by atoms with Gasteiger partial charge in [-0.05, 0) is 70.0 Å². The van der Waals surface area contributed by atoms with Gasteiger partial charge in [0.25, 0.3) is 0 Å². The van der Waals surface area contributed by atoms with Gasteiger partial charge in [-0.1, -0.05) is 75.7 Å². The van der Waals surface area contributed by atoms with Gasteiger partial charge in [-0.3, -0.25) is 0 Å². The summed E-state index contributed by atoms with van der Waals surface area (Å²) in [6.07, 6.45) is 5.83. The highest BCUT2D eigenvalue weighted by Crippen LogP contribution is 2.34. The molecule has 0 radical (unpaired) electrons. The van der Waals surface area contributed by atoms with Crippen molar-refractivity contribution in [2.24, 2.45) is 5.41 Å². The van der Waals surface area contributed by atoms with E-state index >= 15 is 0 Å². The van der Waals surface area contributed by atoms with Crippen LogP contribution in [0, 0.1) is 5.41 Å². The maximum Gasteiger partial charge on any atom is 0.180 e. The minimum absolute atomic E-state index is 0.351. The Kier molecular flexibility index (Phi) is 6.90. The van der Waals surface area contributed by atoms with E-state index in [4.69, 9.17) is 4.98 Å². The fourth-order valence-electron chi connectivity index (χ4n) is 5.89. The molecule has 1 fully saturated rings. The number of piperidine rings is 1. The molecule has 1 aliphatic rings. The van der Waals surface area contributed by atoms with Crippen LogP contribution in [0.4, 0.5) is 5.69 Å². The molecule has 1 saturated heterocycles. The lowest BCUT2D eigenvalue weighted by molar-refractivity contribution is 0.293. The molecule has 3 aromatic carbocycles. The molecule has 0 saturated carbocycles. The minimum Gasteiger partial charge on any atom is -0.371 e. The molecule has 1 N–H and O–H groups in total. The smallest absolute Gasteiger partial charge is 0.180 e. The third-order valence-electron chi connectivity index (χ3n) is 7.96. The van der Waals surface area contributed by atoms with Gasteiger partial charge >= 0.3 is 0 Å². The normalized spacial score (nSPS) is 15.2. The Balaban J connectivity index is 1.32. The van der Waals surface area contributed by atoms with Gasteiger partial charge in [0.15, 0.2) is 5.82 Å². The van der Waals surface area contributed by atoms with Crippen molar-refractivity contribution in [1.82, 2.24) is 30.2 Å². The van der Waals surface area contributed by atoms with E-state index in [2.05, 4.69) is 105 Å². The molecule has 1 aliphatic heterocycles. The second-order valence-electron chi connectivity index (χ2n) is 11.6. The molecule has 7 heteroatoms. The van der Waals surface area contributed by atoms with E-state index in [9.17, 15) is 0 Å². The number of nitrogens with zero attached hydrogens (tertiary/aromatic N) is 6. The van der Waals surface area contributed by atoms with Crippen molar-refractivity contribution >= 4 is 16.7 Å². The van der Waals surface area contributed by atoms with E-state index < -0.39 is 0 Å². The summed E-state index contributed by atoms with van der Waals surface area (Å²) in [5.41, 5.74) is 8.49. The van der Waals surface area contributed by atoms with Crippen molar-refractivity contribution in [3.05, 3.63) is 78.1 Å². The second-order valence-corrected chi connectivity index (χ2v) is 11.6. The van der Waals surface area contributed by atoms with E-state index in [-0.39, 0.29) is 0 Å². The predicted molar refractivity (Wildman–Crippen MR) is 158 cm³/mol. The maximum absolute atomic E-state index is 5.09. The number of tetrazole rings is 1. The first-order valence-electron chi connectivity index (χ1n) is 14.2. The van der Waals surface area contributed by atoms with Crippen LogP contribution in [-0.2, 0) is 13.0 Å². The number of anilines is 1. The van der Waals surface area contributed by atoms with Crippen LogP contribution >= 0.6 is 0 Å². The Morgan fingerprint density at radius 3 is 2.54 bits per heavy atom. The molecule has 200 valence electrons. The van der Waals surface area contributed by atoms with Crippen LogP contribution in [-0.4, -0.2) is 43.3 Å². The monoisotopic (exact) mass is 519 g/mol. The summed E-state index contributed by atoms with van der Waals surface area (Å²) in [6, 6.07) is 23.9. The number of unbranched alkanes of at least 4 members (excludes halogenated alkanes) is 1. The molecule has 2 aromatic heterocycles. The van der Waals surface area contributed by atoms with Crippen LogP contribution in [0.25, 0.3) is 33.5 Å². The fourth-order valence-corrected chi connectivity index (χ4v) is 5.89. The summed E-state index contributed by atoms with van der Waals surface area (Å²) >= 11 is 0. The summed E-state index contributed by atoms with van der Waals surface area (Å²) in [7, 11) is 0. The molecule has 7 nitrogen and oxygen atoms in total. The topological polar surface area (TPSA) is 75.5 Å². The average molecular weight is 520 g/mol. The molecule has 39 heavy (non-hydrogen) atoms. The number of hydrogen-bond donors (Lipinski definition) is 1. The molecular weight excluding hydrogens is 482 g/mol. The van der Waals surface area contributed by atoms with Crippen molar-refractivity contribution in [2.75, 3.05) is 18.0 Å². The van der Waals surface area contributed by atoms with E-state index in [0.29, 0.717) is 11.2 Å². The van der Waals surface area contributed by atoms with E-state index in [1.54, 1.807) is 0 Å². The van der Waals surface area contributed by atoms with Gasteiger partial charge < -0.3 is 9.47 Å². The maximum atomic E-state index is 5.09. The summed E-state index contributed by atoms with van der Waals surface area (Å²) in [6.45, 7) is 10.0. The largest absolute Gasteiger partial charge is 0.371 e. The van der Waals surface area contributed by atoms with E-state index in [0.717, 1.165) is 61.1 Å². The Morgan fingerprint density at radius 2 is 1.79 bits per heavy atom. The highest BCUT2D eigenvalue weighted by molar-refractivity contribution is 5.82. The summed E-state index contributed by atoms with van der Waals surface area (Å²) in [4.78, 5) is 7.65. The van der Waals surface area contributed by atoms with Crippen LogP contribution in [0.2, 0.25) is 0 Å². The molecule has 0 bridgehead atoms. The van der Waals surface area contributed by atoms with Gasteiger partial charge in [-0.2, -0.15) is 0 Å². The Bertz CT molecular complexity index is 1550. The van der Waals surface area contributed by atoms with Gasteiger partial charge in [0.05, 0.1) is 11.0 Å². The minimum atomic E-state index is 0.351. The SMILES string of the molecule is CCCCc1nc2ccc(N3CCCC(C)(C)C3)cc2n1Cc1ccc(-c2ccccc2-c2nnn[nH]2)cc1. The number of aromatic amines is 1. The zero-order chi connectivity index (χ0) is 26.8. The van der Waals surface area contributed by atoms with E-state index in [1.807, 2.05) is 12.1 Å². The Hall–Kier alpha value is -4.00. The number of hydrogen-bond acceptors (Lipinski definition) is 5. The lowest BCUT2D eigenvalue weighted by atomic mass is 9.84. The lowest BCUT2D eigenvalue weighted by Crippen LogP contribution is -2.40. The van der Waals surface area contributed by atoms with Gasteiger partial charge in [0.2, 0.25) is 0 Å². The molecule has 0 aliphatic carbocycles. The zero-order valence-electron chi connectivity index (χ0n) is 23.2. The third-order valence-corrected chi connectivity index (χ3v) is 7.96. The summed E-state index contributed by atoms with van der Waals surface area (Å²) in [5.74, 6) is 1.85. The van der Waals surface area contributed by atoms with Crippen molar-refractivity contribution in [1.29, 1.82) is 0 Å². The van der Waals surface area contributed by atoms with Crippen molar-refractivity contribution in [2.45, 2.75) is 59.4 Å². The van der Waals surface area contributed by atoms with Crippen molar-refractivity contribution < 1.29 is 0 Å². The summed E-state index contributed by atoms with van der Waals surface area (Å²) in [5, 5.41) is 14.5. The Morgan fingerprint density at radius 1 is 0.974 bits per heavy atom. The quantitative estimate of drug-likeness (QED) is 0.241. The molecule has 0 spiro atoms. The predicted octanol–water partition coefficient (Wildman–Crippen LogP) is 6.90. The highest BCUT2D eigenvalue weighted by atomic mass is 15.5. The lowest BCUT2D eigenvalue weighted by Gasteiger charge is -2.39. The standard InChI is InChI=1S/C32H37N7/c1-4-5-11-30-33-28-17-16-25(38-19-8-18-32(2,3)22-38)20-29(28)39(30)21-23-12-14-24(15-13-23)26-9-6-7-10-27(26)31-34-36-37-35-31/h6-7,9-10,12-17,20H,4-5,8,11,18-19,21-22H2,1-3H3,(H,34,35,36,37). The number of aromatic nitrogens is 6. The number of aryl methyl sites for hydroxylation is 1. The molecule has 0 unspecified atom stereocenters. The van der Waals surface area contributed by atoms with Crippen LogP contribution in [0.3, 0.4) is 0 Å². The number of rotatable bonds is 8. The number of nitrogens with one attached hydrogen (secondary N) is 1. The van der Waals surface area contributed by atoms with Crippen LogP contribution < -0.4 is 4.90 Å². The molecule has 6 rings (SSSR count). The third kappa shape index (κ3) is 5.31. The van der Waals surface area contributed by atoms with Gasteiger partial charge in [0.1, 0.15) is 5.82 Å². The number of H-pyrrole nitrogens is 1. The van der Waals surface area contributed by atoms with Crippen molar-refractivity contribution in [3.8, 4) is 22.5 Å². The number of imidazole rings is 1. The second kappa shape index (κ2) is 10.6. The van der Waals surface area contributed by atoms with Gasteiger partial charge in [0, 0.05) is 37.3 Å².